The lowest BCUT2D eigenvalue weighted by molar-refractivity contribution is -0.140. The van der Waals surface area contributed by atoms with Crippen LogP contribution in [0.5, 0.6) is 0 Å². The molecule has 5 heteroatoms. The highest BCUT2D eigenvalue weighted by atomic mass is 16.5. The van der Waals surface area contributed by atoms with Gasteiger partial charge in [-0.1, -0.05) is 30.3 Å². The summed E-state index contributed by atoms with van der Waals surface area (Å²) in [4.78, 5) is 19.9. The lowest BCUT2D eigenvalue weighted by Gasteiger charge is -2.42. The van der Waals surface area contributed by atoms with E-state index >= 15 is 0 Å². The molecule has 1 saturated carbocycles. The smallest absolute Gasteiger partial charge is 0.233 e. The minimum atomic E-state index is -0.232. The first-order valence-corrected chi connectivity index (χ1v) is 10.6. The lowest BCUT2D eigenvalue weighted by Crippen LogP contribution is -2.54. The van der Waals surface area contributed by atoms with Gasteiger partial charge in [-0.2, -0.15) is 0 Å². The zero-order valence-corrected chi connectivity index (χ0v) is 16.6. The van der Waals surface area contributed by atoms with Crippen LogP contribution < -0.4 is 0 Å². The van der Waals surface area contributed by atoms with E-state index in [9.17, 15) is 4.79 Å². The van der Waals surface area contributed by atoms with Crippen LogP contribution in [0, 0.1) is 12.8 Å². The summed E-state index contributed by atoms with van der Waals surface area (Å²) >= 11 is 0. The summed E-state index contributed by atoms with van der Waals surface area (Å²) in [6.45, 7) is 6.54. The molecule has 3 heterocycles. The molecule has 0 spiro atoms. The van der Waals surface area contributed by atoms with Crippen LogP contribution in [0.3, 0.4) is 0 Å². The molecule has 3 fully saturated rings. The van der Waals surface area contributed by atoms with Crippen LogP contribution in [-0.4, -0.2) is 46.7 Å². The molecule has 5 rings (SSSR count). The average Bonchev–Trinajstić information content (AvgIpc) is 3.44. The largest absolute Gasteiger partial charge is 0.381 e. The Bertz CT molecular complexity index is 844. The van der Waals surface area contributed by atoms with Gasteiger partial charge in [0.15, 0.2) is 0 Å². The van der Waals surface area contributed by atoms with Crippen molar-refractivity contribution in [2.24, 2.45) is 5.92 Å². The quantitative estimate of drug-likeness (QED) is 0.801. The molecule has 5 nitrogen and oxygen atoms in total. The molecule has 1 aromatic heterocycles. The zero-order valence-electron chi connectivity index (χ0n) is 16.6. The Morgan fingerprint density at radius 2 is 1.89 bits per heavy atom. The number of nitrogens with zero attached hydrogens (tertiary/aromatic N) is 3. The van der Waals surface area contributed by atoms with Crippen molar-refractivity contribution in [2.45, 2.75) is 50.5 Å². The Balaban J connectivity index is 1.23. The molecule has 0 unspecified atom stereocenters. The molecule has 2 aliphatic heterocycles. The van der Waals surface area contributed by atoms with Crippen molar-refractivity contribution in [3.63, 3.8) is 0 Å². The van der Waals surface area contributed by atoms with Crippen LogP contribution in [0.15, 0.2) is 36.5 Å². The third-order valence-corrected chi connectivity index (χ3v) is 6.84. The highest BCUT2D eigenvalue weighted by molar-refractivity contribution is 5.91. The Morgan fingerprint density at radius 3 is 2.57 bits per heavy atom. The second-order valence-electron chi connectivity index (χ2n) is 8.78. The monoisotopic (exact) mass is 379 g/mol. The number of aryl methyl sites for hydroxylation is 1. The molecule has 0 N–H and O–H groups in total. The van der Waals surface area contributed by atoms with E-state index in [1.807, 2.05) is 24.4 Å². The van der Waals surface area contributed by atoms with Crippen LogP contribution >= 0.6 is 0 Å². The fourth-order valence-corrected chi connectivity index (χ4v) is 4.92. The summed E-state index contributed by atoms with van der Waals surface area (Å²) in [6, 6.07) is 10.3. The number of likely N-dealkylation sites (tertiary alicyclic amines) is 1. The summed E-state index contributed by atoms with van der Waals surface area (Å²) in [5.41, 5.74) is 2.19. The Hall–Kier alpha value is -2.14. The molecule has 1 aromatic carbocycles. The molecular weight excluding hydrogens is 350 g/mol. The van der Waals surface area contributed by atoms with Gasteiger partial charge in [0.25, 0.3) is 0 Å². The summed E-state index contributed by atoms with van der Waals surface area (Å²) < 4.78 is 7.91. The molecular formula is C23H29N3O2. The second-order valence-corrected chi connectivity index (χ2v) is 8.78. The standard InChI is InChI=1S/C23H29N3O2/c1-17-13-24-21(19-7-11-28-12-8-19)26(17)16-18-14-25(15-18)22(27)23(9-10-23)20-5-3-2-4-6-20/h2-6,13,18-19H,7-12,14-16H2,1H3. The normalized spacial score (nSPS) is 22.1. The SMILES string of the molecule is Cc1cnc(C2CCOCC2)n1CC1CN(C(=O)C2(c3ccccc3)CC2)C1. The van der Waals surface area contributed by atoms with Crippen LogP contribution in [0.25, 0.3) is 0 Å². The number of carbonyl (C=O) groups excluding carboxylic acids is 1. The molecule has 1 aliphatic carbocycles. The van der Waals surface area contributed by atoms with Gasteiger partial charge in [-0.05, 0) is 38.2 Å². The minimum absolute atomic E-state index is 0.232. The summed E-state index contributed by atoms with van der Waals surface area (Å²) in [5.74, 6) is 2.59. The van der Waals surface area contributed by atoms with Crippen LogP contribution in [-0.2, 0) is 21.5 Å². The maximum atomic E-state index is 13.1. The predicted molar refractivity (Wildman–Crippen MR) is 107 cm³/mol. The number of hydrogen-bond acceptors (Lipinski definition) is 3. The zero-order chi connectivity index (χ0) is 19.1. The van der Waals surface area contributed by atoms with Crippen LogP contribution in [0.4, 0.5) is 0 Å². The van der Waals surface area contributed by atoms with Gasteiger partial charge in [0.05, 0.1) is 5.41 Å². The van der Waals surface area contributed by atoms with Crippen molar-refractivity contribution in [2.75, 3.05) is 26.3 Å². The number of ether oxygens (including phenoxy) is 1. The average molecular weight is 380 g/mol. The predicted octanol–water partition coefficient (Wildman–Crippen LogP) is 3.28. The summed E-state index contributed by atoms with van der Waals surface area (Å²) in [6.07, 6.45) is 6.11. The van der Waals surface area contributed by atoms with Gasteiger partial charge in [0, 0.05) is 56.6 Å². The highest BCUT2D eigenvalue weighted by Crippen LogP contribution is 2.50. The van der Waals surface area contributed by atoms with E-state index in [0.29, 0.717) is 17.7 Å². The molecule has 2 saturated heterocycles. The second kappa shape index (κ2) is 7.03. The maximum Gasteiger partial charge on any atom is 0.233 e. The first-order chi connectivity index (χ1) is 13.7. The van der Waals surface area contributed by atoms with E-state index in [-0.39, 0.29) is 5.41 Å². The lowest BCUT2D eigenvalue weighted by atomic mass is 9.90. The van der Waals surface area contributed by atoms with Gasteiger partial charge in [0.1, 0.15) is 5.82 Å². The van der Waals surface area contributed by atoms with Gasteiger partial charge < -0.3 is 14.2 Å². The van der Waals surface area contributed by atoms with Crippen molar-refractivity contribution in [3.8, 4) is 0 Å². The number of rotatable bonds is 5. The maximum absolute atomic E-state index is 13.1. The number of imidazole rings is 1. The van der Waals surface area contributed by atoms with E-state index in [1.165, 1.54) is 17.1 Å². The van der Waals surface area contributed by atoms with E-state index in [2.05, 4.69) is 28.5 Å². The van der Waals surface area contributed by atoms with Crippen molar-refractivity contribution in [3.05, 3.63) is 53.6 Å². The molecule has 2 aromatic rings. The topological polar surface area (TPSA) is 47.4 Å². The van der Waals surface area contributed by atoms with Crippen molar-refractivity contribution >= 4 is 5.91 Å². The van der Waals surface area contributed by atoms with E-state index in [1.54, 1.807) is 0 Å². The Labute approximate surface area is 166 Å². The van der Waals surface area contributed by atoms with Gasteiger partial charge in [-0.15, -0.1) is 0 Å². The van der Waals surface area contributed by atoms with Gasteiger partial charge >= 0.3 is 0 Å². The Morgan fingerprint density at radius 1 is 1.18 bits per heavy atom. The van der Waals surface area contributed by atoms with Crippen LogP contribution in [0.2, 0.25) is 0 Å². The van der Waals surface area contributed by atoms with E-state index in [0.717, 1.165) is 58.5 Å². The number of amides is 1. The molecule has 148 valence electrons. The first-order valence-electron chi connectivity index (χ1n) is 10.6. The van der Waals surface area contributed by atoms with Crippen molar-refractivity contribution in [1.82, 2.24) is 14.5 Å². The number of hydrogen-bond donors (Lipinski definition) is 0. The molecule has 28 heavy (non-hydrogen) atoms. The van der Waals surface area contributed by atoms with E-state index in [4.69, 9.17) is 9.72 Å². The fraction of sp³-hybridized carbons (Fsp3) is 0.565. The third kappa shape index (κ3) is 3.06. The van der Waals surface area contributed by atoms with Crippen molar-refractivity contribution in [1.29, 1.82) is 0 Å². The molecule has 0 bridgehead atoms. The molecule has 3 aliphatic rings. The summed E-state index contributed by atoms with van der Waals surface area (Å²) in [5, 5.41) is 0. The van der Waals surface area contributed by atoms with Gasteiger partial charge in [-0.3, -0.25) is 4.79 Å². The molecule has 0 radical (unpaired) electrons. The highest BCUT2D eigenvalue weighted by Gasteiger charge is 2.54. The van der Waals surface area contributed by atoms with E-state index < -0.39 is 0 Å². The van der Waals surface area contributed by atoms with Crippen LogP contribution in [0.1, 0.15) is 48.7 Å². The first kappa shape index (κ1) is 17.9. The molecule has 1 amide bonds. The van der Waals surface area contributed by atoms with Gasteiger partial charge in [0.2, 0.25) is 5.91 Å². The Kier molecular flexibility index (Phi) is 4.50. The minimum Gasteiger partial charge on any atom is -0.381 e. The molecule has 0 atom stereocenters. The van der Waals surface area contributed by atoms with Gasteiger partial charge in [-0.25, -0.2) is 4.98 Å². The van der Waals surface area contributed by atoms with Crippen molar-refractivity contribution < 1.29 is 9.53 Å². The number of aromatic nitrogens is 2. The summed E-state index contributed by atoms with van der Waals surface area (Å²) in [7, 11) is 0. The third-order valence-electron chi connectivity index (χ3n) is 6.84. The number of carbonyl (C=O) groups is 1. The number of benzene rings is 1. The fourth-order valence-electron chi connectivity index (χ4n) is 4.92.